The Labute approximate surface area is 117 Å². The molecule has 0 fully saturated rings. The average molecular weight is 369 g/mol. The Balaban J connectivity index is 2.80. The SMILES string of the molecule is CCC(C)(CBr)NC(=O)c1cc(C)c(Br)s1. The van der Waals surface area contributed by atoms with Crippen molar-refractivity contribution in [3.8, 4) is 0 Å². The highest BCUT2D eigenvalue weighted by molar-refractivity contribution is 9.11. The molecule has 1 aromatic rings. The van der Waals surface area contributed by atoms with Crippen LogP contribution >= 0.6 is 43.2 Å². The zero-order valence-corrected chi connectivity index (χ0v) is 13.6. The lowest BCUT2D eigenvalue weighted by Gasteiger charge is -2.26. The van der Waals surface area contributed by atoms with E-state index in [-0.39, 0.29) is 11.4 Å². The third-order valence-corrected chi connectivity index (χ3v) is 5.94. The molecule has 0 aliphatic carbocycles. The van der Waals surface area contributed by atoms with Gasteiger partial charge in [-0.05, 0) is 47.8 Å². The van der Waals surface area contributed by atoms with Crippen molar-refractivity contribution in [1.82, 2.24) is 5.32 Å². The zero-order chi connectivity index (χ0) is 12.3. The second-order valence-electron chi connectivity index (χ2n) is 4.07. The van der Waals surface area contributed by atoms with E-state index in [9.17, 15) is 4.79 Å². The quantitative estimate of drug-likeness (QED) is 0.796. The van der Waals surface area contributed by atoms with E-state index in [4.69, 9.17) is 0 Å². The number of carbonyl (C=O) groups excluding carboxylic acids is 1. The summed E-state index contributed by atoms with van der Waals surface area (Å²) >= 11 is 8.33. The van der Waals surface area contributed by atoms with E-state index in [1.165, 1.54) is 11.3 Å². The molecule has 0 spiro atoms. The van der Waals surface area contributed by atoms with Gasteiger partial charge in [0, 0.05) is 10.9 Å². The number of alkyl halides is 1. The molecule has 0 aromatic carbocycles. The van der Waals surface area contributed by atoms with Crippen LogP contribution in [0.2, 0.25) is 0 Å². The first kappa shape index (κ1) is 14.2. The van der Waals surface area contributed by atoms with Gasteiger partial charge in [0.1, 0.15) is 0 Å². The number of thiophene rings is 1. The van der Waals surface area contributed by atoms with Crippen molar-refractivity contribution < 1.29 is 4.79 Å². The Kier molecular flexibility index (Phi) is 5.01. The topological polar surface area (TPSA) is 29.1 Å². The molecule has 0 bridgehead atoms. The summed E-state index contributed by atoms with van der Waals surface area (Å²) in [5, 5.41) is 3.81. The second kappa shape index (κ2) is 5.65. The van der Waals surface area contributed by atoms with Crippen LogP contribution in [-0.4, -0.2) is 16.8 Å². The summed E-state index contributed by atoms with van der Waals surface area (Å²) in [5.41, 5.74) is 0.925. The summed E-state index contributed by atoms with van der Waals surface area (Å²) in [5.74, 6) is 0.00241. The number of hydrogen-bond acceptors (Lipinski definition) is 2. The van der Waals surface area contributed by atoms with Crippen molar-refractivity contribution >= 4 is 49.1 Å². The summed E-state index contributed by atoms with van der Waals surface area (Å²) < 4.78 is 1.02. The fourth-order valence-corrected chi connectivity index (χ4v) is 3.09. The highest BCUT2D eigenvalue weighted by atomic mass is 79.9. The van der Waals surface area contributed by atoms with Gasteiger partial charge in [-0.1, -0.05) is 22.9 Å². The first-order valence-corrected chi connectivity index (χ1v) is 7.79. The molecule has 1 unspecified atom stereocenters. The molecule has 0 saturated heterocycles. The average Bonchev–Trinajstić information content (AvgIpc) is 2.59. The smallest absolute Gasteiger partial charge is 0.261 e. The largest absolute Gasteiger partial charge is 0.345 e. The van der Waals surface area contributed by atoms with Crippen LogP contribution in [0.3, 0.4) is 0 Å². The molecular formula is C11H15Br2NOS. The molecule has 0 radical (unpaired) electrons. The van der Waals surface area contributed by atoms with E-state index in [2.05, 4.69) is 44.1 Å². The number of nitrogens with one attached hydrogen (secondary N) is 1. The standard InChI is InChI=1S/C11H15Br2NOS/c1-4-11(3,6-12)14-10(15)8-5-7(2)9(13)16-8/h5H,4,6H2,1-3H3,(H,14,15). The molecule has 1 rings (SSSR count). The molecule has 2 nitrogen and oxygen atoms in total. The minimum atomic E-state index is -0.179. The maximum absolute atomic E-state index is 12.0. The third-order valence-electron chi connectivity index (χ3n) is 2.57. The number of aryl methyl sites for hydroxylation is 1. The highest BCUT2D eigenvalue weighted by Gasteiger charge is 2.24. The maximum Gasteiger partial charge on any atom is 0.261 e. The first-order chi connectivity index (χ1) is 7.41. The zero-order valence-electron chi connectivity index (χ0n) is 9.56. The van der Waals surface area contributed by atoms with Crippen LogP contribution in [0.5, 0.6) is 0 Å². The third kappa shape index (κ3) is 3.31. The second-order valence-corrected chi connectivity index (χ2v) is 7.00. The predicted octanol–water partition coefficient (Wildman–Crippen LogP) is 4.11. The van der Waals surface area contributed by atoms with Gasteiger partial charge in [-0.15, -0.1) is 11.3 Å². The van der Waals surface area contributed by atoms with Crippen LogP contribution in [0.25, 0.3) is 0 Å². The van der Waals surface area contributed by atoms with Crippen LogP contribution in [0.1, 0.15) is 35.5 Å². The van der Waals surface area contributed by atoms with Crippen molar-refractivity contribution in [2.24, 2.45) is 0 Å². The van der Waals surface area contributed by atoms with Crippen LogP contribution in [0.15, 0.2) is 9.85 Å². The summed E-state index contributed by atoms with van der Waals surface area (Å²) in [6.07, 6.45) is 0.898. The fraction of sp³-hybridized carbons (Fsp3) is 0.545. The minimum Gasteiger partial charge on any atom is -0.345 e. The molecule has 0 saturated carbocycles. The molecule has 5 heteroatoms. The molecule has 1 heterocycles. The van der Waals surface area contributed by atoms with Crippen LogP contribution in [0.4, 0.5) is 0 Å². The summed E-state index contributed by atoms with van der Waals surface area (Å²) in [6, 6.07) is 1.91. The van der Waals surface area contributed by atoms with Crippen molar-refractivity contribution in [2.75, 3.05) is 5.33 Å². The Morgan fingerprint density at radius 1 is 1.62 bits per heavy atom. The van der Waals surface area contributed by atoms with Gasteiger partial charge in [-0.25, -0.2) is 0 Å². The first-order valence-electron chi connectivity index (χ1n) is 5.06. The number of rotatable bonds is 4. The van der Waals surface area contributed by atoms with E-state index in [1.807, 2.05) is 19.9 Å². The maximum atomic E-state index is 12.0. The van der Waals surface area contributed by atoms with Crippen LogP contribution in [0, 0.1) is 6.92 Å². The molecule has 1 N–H and O–H groups in total. The Morgan fingerprint density at radius 2 is 2.25 bits per heavy atom. The molecule has 0 aliphatic heterocycles. The fourth-order valence-electron chi connectivity index (χ4n) is 1.12. The van der Waals surface area contributed by atoms with E-state index < -0.39 is 0 Å². The molecule has 90 valence electrons. The van der Waals surface area contributed by atoms with Crippen LogP contribution in [-0.2, 0) is 0 Å². The van der Waals surface area contributed by atoms with Gasteiger partial charge in [-0.3, -0.25) is 4.79 Å². The predicted molar refractivity (Wildman–Crippen MR) is 76.7 cm³/mol. The lowest BCUT2D eigenvalue weighted by molar-refractivity contribution is 0.0917. The van der Waals surface area contributed by atoms with E-state index in [0.29, 0.717) is 0 Å². The Bertz CT molecular complexity index is 366. The van der Waals surface area contributed by atoms with Gasteiger partial charge in [0.25, 0.3) is 5.91 Å². The molecular weight excluding hydrogens is 354 g/mol. The van der Waals surface area contributed by atoms with Gasteiger partial charge in [-0.2, -0.15) is 0 Å². The number of carbonyl (C=O) groups is 1. The lowest BCUT2D eigenvalue weighted by atomic mass is 10.0. The summed E-state index contributed by atoms with van der Waals surface area (Å²) in [7, 11) is 0. The molecule has 0 aliphatic rings. The van der Waals surface area contributed by atoms with Crippen molar-refractivity contribution in [3.05, 3.63) is 20.3 Å². The molecule has 16 heavy (non-hydrogen) atoms. The van der Waals surface area contributed by atoms with Gasteiger partial charge < -0.3 is 5.32 Å². The van der Waals surface area contributed by atoms with Crippen molar-refractivity contribution in [3.63, 3.8) is 0 Å². The van der Waals surface area contributed by atoms with Crippen molar-refractivity contribution in [1.29, 1.82) is 0 Å². The molecule has 1 aromatic heterocycles. The Hall–Kier alpha value is 0.130. The minimum absolute atomic E-state index is 0.00241. The van der Waals surface area contributed by atoms with Gasteiger partial charge in [0.05, 0.1) is 8.66 Å². The number of halogens is 2. The monoisotopic (exact) mass is 367 g/mol. The van der Waals surface area contributed by atoms with E-state index in [1.54, 1.807) is 0 Å². The van der Waals surface area contributed by atoms with Gasteiger partial charge in [0.15, 0.2) is 0 Å². The normalized spacial score (nSPS) is 14.6. The highest BCUT2D eigenvalue weighted by Crippen LogP contribution is 2.27. The number of amides is 1. The van der Waals surface area contributed by atoms with Gasteiger partial charge in [0.2, 0.25) is 0 Å². The van der Waals surface area contributed by atoms with E-state index >= 15 is 0 Å². The summed E-state index contributed by atoms with van der Waals surface area (Å²) in [4.78, 5) is 12.8. The van der Waals surface area contributed by atoms with Crippen molar-refractivity contribution in [2.45, 2.75) is 32.7 Å². The number of hydrogen-bond donors (Lipinski definition) is 1. The van der Waals surface area contributed by atoms with Gasteiger partial charge >= 0.3 is 0 Å². The lowest BCUT2D eigenvalue weighted by Crippen LogP contribution is -2.46. The Morgan fingerprint density at radius 3 is 2.62 bits per heavy atom. The van der Waals surface area contributed by atoms with Crippen LogP contribution < -0.4 is 5.32 Å². The molecule has 1 atom stereocenters. The van der Waals surface area contributed by atoms with E-state index in [0.717, 1.165) is 26.0 Å². The summed E-state index contributed by atoms with van der Waals surface area (Å²) in [6.45, 7) is 6.09. The molecule has 1 amide bonds.